The van der Waals surface area contributed by atoms with Crippen LogP contribution >= 0.6 is 11.3 Å². The summed E-state index contributed by atoms with van der Waals surface area (Å²) in [6.07, 6.45) is 4.03. The molecule has 0 atom stereocenters. The monoisotopic (exact) mass is 446 g/mol. The summed E-state index contributed by atoms with van der Waals surface area (Å²) >= 11 is 1.36. The minimum Gasteiger partial charge on any atom is -0.461 e. The highest BCUT2D eigenvalue weighted by atomic mass is 32.1. The van der Waals surface area contributed by atoms with Gasteiger partial charge in [-0.3, -0.25) is 9.48 Å². The third kappa shape index (κ3) is 4.52. The zero-order valence-corrected chi connectivity index (χ0v) is 19.3. The first-order chi connectivity index (χ1) is 14.9. The largest absolute Gasteiger partial charge is 0.461 e. The summed E-state index contributed by atoms with van der Waals surface area (Å²) in [6, 6.07) is 0. The quantitative estimate of drug-likeness (QED) is 0.542. The summed E-state index contributed by atoms with van der Waals surface area (Å²) < 4.78 is 13.0. The van der Waals surface area contributed by atoms with Crippen molar-refractivity contribution in [1.82, 2.24) is 20.1 Å². The number of carbonyl (C=O) groups is 2. The Bertz CT molecular complexity index is 975. The topological polar surface area (TPSA) is 95.3 Å². The maximum absolute atomic E-state index is 12.9. The summed E-state index contributed by atoms with van der Waals surface area (Å²) in [4.78, 5) is 30.0. The van der Waals surface area contributed by atoms with Gasteiger partial charge in [-0.1, -0.05) is 6.92 Å². The smallest absolute Gasteiger partial charge is 0.350 e. The molecule has 4 rings (SSSR count). The molecule has 2 aromatic heterocycles. The lowest BCUT2D eigenvalue weighted by atomic mass is 9.76. The summed E-state index contributed by atoms with van der Waals surface area (Å²) in [6.45, 7) is 8.77. The molecule has 0 saturated carbocycles. The number of nitrogens with one attached hydrogen (secondary N) is 1. The first-order valence-corrected chi connectivity index (χ1v) is 11.8. The van der Waals surface area contributed by atoms with Crippen LogP contribution in [0.4, 0.5) is 0 Å². The van der Waals surface area contributed by atoms with Gasteiger partial charge in [0, 0.05) is 32.7 Å². The van der Waals surface area contributed by atoms with Crippen LogP contribution in [0.25, 0.3) is 0 Å². The van der Waals surface area contributed by atoms with Crippen molar-refractivity contribution < 1.29 is 19.1 Å². The van der Waals surface area contributed by atoms with Crippen LogP contribution in [0.1, 0.15) is 68.3 Å². The lowest BCUT2D eigenvalue weighted by Gasteiger charge is -2.36. The lowest BCUT2D eigenvalue weighted by molar-refractivity contribution is 0.0152. The summed E-state index contributed by atoms with van der Waals surface area (Å²) in [7, 11) is 0. The van der Waals surface area contributed by atoms with E-state index in [2.05, 4.69) is 10.3 Å². The van der Waals surface area contributed by atoms with Gasteiger partial charge >= 0.3 is 5.97 Å². The van der Waals surface area contributed by atoms with Crippen molar-refractivity contribution in [2.75, 3.05) is 26.4 Å². The Hall–Kier alpha value is -2.26. The maximum Gasteiger partial charge on any atom is 0.350 e. The van der Waals surface area contributed by atoms with E-state index < -0.39 is 0 Å². The summed E-state index contributed by atoms with van der Waals surface area (Å²) in [5.74, 6) is -0.346. The number of aromatic nitrogens is 3. The van der Waals surface area contributed by atoms with Crippen LogP contribution in [0.3, 0.4) is 0 Å². The third-order valence-electron chi connectivity index (χ3n) is 6.25. The molecule has 1 fully saturated rings. The number of esters is 1. The molecule has 2 aromatic rings. The molecule has 2 aliphatic rings. The highest BCUT2D eigenvalue weighted by Crippen LogP contribution is 2.37. The highest BCUT2D eigenvalue weighted by Gasteiger charge is 2.39. The zero-order chi connectivity index (χ0) is 22.0. The molecule has 9 heteroatoms. The van der Waals surface area contributed by atoms with Gasteiger partial charge in [0.2, 0.25) is 0 Å². The number of hydrogen-bond donors (Lipinski definition) is 1. The molecule has 0 radical (unpaired) electrons. The molecular formula is C22H30N4O4S. The van der Waals surface area contributed by atoms with E-state index in [1.807, 2.05) is 25.5 Å². The van der Waals surface area contributed by atoms with Crippen molar-refractivity contribution in [2.45, 2.75) is 59.4 Å². The van der Waals surface area contributed by atoms with Gasteiger partial charge in [0.25, 0.3) is 5.91 Å². The van der Waals surface area contributed by atoms with E-state index in [0.717, 1.165) is 54.4 Å². The number of thiazole rings is 1. The van der Waals surface area contributed by atoms with Crippen LogP contribution in [0, 0.1) is 19.3 Å². The van der Waals surface area contributed by atoms with Gasteiger partial charge in [0.1, 0.15) is 4.88 Å². The second-order valence-corrected chi connectivity index (χ2v) is 9.66. The predicted molar refractivity (Wildman–Crippen MR) is 117 cm³/mol. The van der Waals surface area contributed by atoms with Crippen molar-refractivity contribution in [1.29, 1.82) is 0 Å². The predicted octanol–water partition coefficient (Wildman–Crippen LogP) is 2.85. The molecule has 0 bridgehead atoms. The number of carbonyl (C=O) groups excluding carboxylic acids is 2. The van der Waals surface area contributed by atoms with E-state index in [9.17, 15) is 9.59 Å². The standard InChI is InChI=1S/C22H30N4O4S/c1-4-16-18-17(12-22(13-23-20(18)27)6-10-29-11-7-22)26(25-16)8-5-9-30-21(28)19-14(2)24-15(3)31-19/h4-13H2,1-3H3,(H,23,27). The SMILES string of the molecule is CCc1nn(CCCOC(=O)c2sc(C)nc2C)c2c1C(=O)NCC1(CCOCC1)C2. The molecule has 1 saturated heterocycles. The molecule has 8 nitrogen and oxygen atoms in total. The number of amides is 1. The molecule has 0 aromatic carbocycles. The van der Waals surface area contributed by atoms with Gasteiger partial charge in [-0.05, 0) is 44.9 Å². The van der Waals surface area contributed by atoms with Crippen molar-refractivity contribution in [3.8, 4) is 0 Å². The van der Waals surface area contributed by atoms with Crippen LogP contribution in [0.5, 0.6) is 0 Å². The number of hydrogen-bond acceptors (Lipinski definition) is 7. The van der Waals surface area contributed by atoms with Crippen LogP contribution < -0.4 is 5.32 Å². The van der Waals surface area contributed by atoms with E-state index in [1.54, 1.807) is 0 Å². The van der Waals surface area contributed by atoms with E-state index >= 15 is 0 Å². The maximum atomic E-state index is 12.9. The Morgan fingerprint density at radius 2 is 2.10 bits per heavy atom. The number of nitrogens with zero attached hydrogens (tertiary/aromatic N) is 3. The van der Waals surface area contributed by atoms with Crippen molar-refractivity contribution in [3.63, 3.8) is 0 Å². The van der Waals surface area contributed by atoms with Gasteiger partial charge in [-0.2, -0.15) is 5.10 Å². The molecule has 4 heterocycles. The van der Waals surface area contributed by atoms with E-state index in [0.29, 0.717) is 43.1 Å². The number of rotatable bonds is 6. The van der Waals surface area contributed by atoms with E-state index in [1.165, 1.54) is 11.3 Å². The van der Waals surface area contributed by atoms with E-state index in [-0.39, 0.29) is 17.3 Å². The molecule has 31 heavy (non-hydrogen) atoms. The van der Waals surface area contributed by atoms with Gasteiger partial charge in [0.15, 0.2) is 0 Å². The van der Waals surface area contributed by atoms with Gasteiger partial charge in [0.05, 0.1) is 34.3 Å². The zero-order valence-electron chi connectivity index (χ0n) is 18.5. The van der Waals surface area contributed by atoms with Crippen molar-refractivity contribution in [3.05, 3.63) is 32.5 Å². The molecule has 0 aliphatic carbocycles. The van der Waals surface area contributed by atoms with Crippen LogP contribution in [0.2, 0.25) is 0 Å². The molecule has 1 amide bonds. The second-order valence-electron chi connectivity index (χ2n) is 8.45. The summed E-state index contributed by atoms with van der Waals surface area (Å²) in [5, 5.41) is 8.74. The van der Waals surface area contributed by atoms with Crippen LogP contribution in [-0.4, -0.2) is 53.0 Å². The Morgan fingerprint density at radius 3 is 2.77 bits per heavy atom. The molecule has 0 unspecified atom stereocenters. The fourth-order valence-corrected chi connectivity index (χ4v) is 5.34. The van der Waals surface area contributed by atoms with Gasteiger partial charge in [-0.25, -0.2) is 9.78 Å². The average Bonchev–Trinajstić information content (AvgIpc) is 3.24. The first kappa shape index (κ1) is 22.0. The Labute approximate surface area is 186 Å². The normalized spacial score (nSPS) is 17.8. The first-order valence-electron chi connectivity index (χ1n) is 11.0. The molecule has 168 valence electrons. The Kier molecular flexibility index (Phi) is 6.43. The van der Waals surface area contributed by atoms with Crippen LogP contribution in [-0.2, 0) is 28.9 Å². The number of ether oxygens (including phenoxy) is 2. The number of aryl methyl sites for hydroxylation is 4. The van der Waals surface area contributed by atoms with Gasteiger partial charge in [-0.15, -0.1) is 11.3 Å². The highest BCUT2D eigenvalue weighted by molar-refractivity contribution is 7.13. The molecule has 1 spiro atoms. The minimum atomic E-state index is -0.322. The Balaban J connectivity index is 1.46. The van der Waals surface area contributed by atoms with Crippen LogP contribution in [0.15, 0.2) is 0 Å². The lowest BCUT2D eigenvalue weighted by Crippen LogP contribution is -2.40. The fourth-order valence-electron chi connectivity index (χ4n) is 4.52. The summed E-state index contributed by atoms with van der Waals surface area (Å²) in [5.41, 5.74) is 3.32. The van der Waals surface area contributed by atoms with Crippen molar-refractivity contribution >= 4 is 23.2 Å². The molecule has 2 aliphatic heterocycles. The van der Waals surface area contributed by atoms with E-state index in [4.69, 9.17) is 14.6 Å². The average molecular weight is 447 g/mol. The molecule has 1 N–H and O–H groups in total. The third-order valence-corrected chi connectivity index (χ3v) is 7.30. The Morgan fingerprint density at radius 1 is 1.32 bits per heavy atom. The minimum absolute atomic E-state index is 0.0238. The molecular weight excluding hydrogens is 416 g/mol. The second kappa shape index (κ2) is 9.08. The van der Waals surface area contributed by atoms with Crippen molar-refractivity contribution in [2.24, 2.45) is 5.41 Å². The fraction of sp³-hybridized carbons (Fsp3) is 0.636. The number of fused-ring (bicyclic) bond motifs is 1. The van der Waals surface area contributed by atoms with Gasteiger partial charge < -0.3 is 14.8 Å².